The van der Waals surface area contributed by atoms with Crippen LogP contribution in [0.5, 0.6) is 0 Å². The molecule has 1 saturated heterocycles. The van der Waals surface area contributed by atoms with E-state index in [4.69, 9.17) is 4.42 Å². The first-order valence-electron chi connectivity index (χ1n) is 9.49. The van der Waals surface area contributed by atoms with E-state index >= 15 is 0 Å². The third-order valence-corrected chi connectivity index (χ3v) is 6.51. The zero-order chi connectivity index (χ0) is 19.7. The highest BCUT2D eigenvalue weighted by Gasteiger charge is 2.31. The van der Waals surface area contributed by atoms with Gasteiger partial charge in [0.2, 0.25) is 0 Å². The number of nitrogens with zero attached hydrogens (tertiary/aromatic N) is 1. The van der Waals surface area contributed by atoms with Crippen molar-refractivity contribution in [3.05, 3.63) is 75.8 Å². The SMILES string of the molecule is Cc1sc(NC(=O)c2ccco2)c(C(c2ccc(F)cc2)N2CCCC2)c1C. The largest absolute Gasteiger partial charge is 0.459 e. The second kappa shape index (κ2) is 7.89. The van der Waals surface area contributed by atoms with E-state index in [1.165, 1.54) is 24.0 Å². The topological polar surface area (TPSA) is 45.5 Å². The molecular formula is C22H23FN2O2S. The summed E-state index contributed by atoms with van der Waals surface area (Å²) in [7, 11) is 0. The summed E-state index contributed by atoms with van der Waals surface area (Å²) in [4.78, 5) is 16.2. The number of amides is 1. The number of carbonyl (C=O) groups is 1. The molecule has 28 heavy (non-hydrogen) atoms. The van der Waals surface area contributed by atoms with Crippen molar-refractivity contribution in [1.29, 1.82) is 0 Å². The van der Waals surface area contributed by atoms with Crippen LogP contribution < -0.4 is 5.32 Å². The summed E-state index contributed by atoms with van der Waals surface area (Å²) in [6, 6.07) is 10.1. The average Bonchev–Trinajstić information content (AvgIpc) is 3.43. The van der Waals surface area contributed by atoms with E-state index < -0.39 is 0 Å². The number of hydrogen-bond donors (Lipinski definition) is 1. The van der Waals surface area contributed by atoms with Crippen LogP contribution in [0, 0.1) is 19.7 Å². The predicted octanol–water partition coefficient (Wildman–Crippen LogP) is 5.53. The number of rotatable bonds is 5. The van der Waals surface area contributed by atoms with Gasteiger partial charge in [-0.15, -0.1) is 11.3 Å². The van der Waals surface area contributed by atoms with Crippen LogP contribution >= 0.6 is 11.3 Å². The molecule has 4 nitrogen and oxygen atoms in total. The van der Waals surface area contributed by atoms with Crippen molar-refractivity contribution in [1.82, 2.24) is 4.90 Å². The monoisotopic (exact) mass is 398 g/mol. The Hall–Kier alpha value is -2.44. The molecule has 4 rings (SSSR count). The van der Waals surface area contributed by atoms with E-state index in [0.29, 0.717) is 0 Å². The molecule has 0 saturated carbocycles. The van der Waals surface area contributed by atoms with E-state index in [2.05, 4.69) is 24.1 Å². The van der Waals surface area contributed by atoms with Gasteiger partial charge in [0.05, 0.1) is 12.3 Å². The van der Waals surface area contributed by atoms with E-state index in [1.54, 1.807) is 23.5 Å². The highest BCUT2D eigenvalue weighted by Crippen LogP contribution is 2.43. The van der Waals surface area contributed by atoms with Crippen LogP contribution in [0.3, 0.4) is 0 Å². The number of nitrogens with one attached hydrogen (secondary N) is 1. The fraction of sp³-hybridized carbons (Fsp3) is 0.318. The highest BCUT2D eigenvalue weighted by molar-refractivity contribution is 7.16. The van der Waals surface area contributed by atoms with E-state index in [1.807, 2.05) is 12.1 Å². The van der Waals surface area contributed by atoms with Crippen LogP contribution in [0.15, 0.2) is 47.1 Å². The lowest BCUT2D eigenvalue weighted by atomic mass is 9.95. The maximum atomic E-state index is 13.5. The summed E-state index contributed by atoms with van der Waals surface area (Å²) in [6.45, 7) is 6.14. The molecule has 1 amide bonds. The van der Waals surface area contributed by atoms with Crippen molar-refractivity contribution in [2.45, 2.75) is 32.7 Å². The van der Waals surface area contributed by atoms with Gasteiger partial charge in [-0.25, -0.2) is 4.39 Å². The van der Waals surface area contributed by atoms with E-state index in [-0.39, 0.29) is 23.5 Å². The Balaban J connectivity index is 1.77. The Bertz CT molecular complexity index is 957. The third-order valence-electron chi connectivity index (χ3n) is 5.37. The first-order chi connectivity index (χ1) is 13.5. The molecule has 1 aliphatic rings. The number of halogens is 1. The fourth-order valence-electron chi connectivity index (χ4n) is 3.84. The summed E-state index contributed by atoms with van der Waals surface area (Å²) < 4.78 is 18.8. The van der Waals surface area contributed by atoms with Gasteiger partial charge < -0.3 is 9.73 Å². The van der Waals surface area contributed by atoms with Crippen LogP contribution in [0.1, 0.15) is 51.0 Å². The standard InChI is InChI=1S/C22H23FN2O2S/c1-14-15(2)28-22(24-21(26)18-6-5-13-27-18)19(14)20(25-11-3-4-12-25)16-7-9-17(23)10-8-16/h5-10,13,20H,3-4,11-12H2,1-2H3,(H,24,26). The maximum absolute atomic E-state index is 13.5. The normalized spacial score (nSPS) is 15.7. The second-order valence-electron chi connectivity index (χ2n) is 7.15. The molecule has 1 atom stereocenters. The number of aryl methyl sites for hydroxylation is 1. The molecule has 1 unspecified atom stereocenters. The molecule has 1 N–H and O–H groups in total. The predicted molar refractivity (Wildman–Crippen MR) is 110 cm³/mol. The summed E-state index contributed by atoms with van der Waals surface area (Å²) in [5.74, 6) is -0.213. The van der Waals surface area contributed by atoms with Gasteiger partial charge in [0.25, 0.3) is 5.91 Å². The number of furan rings is 1. The Kier molecular flexibility index (Phi) is 5.33. The molecule has 0 spiro atoms. The van der Waals surface area contributed by atoms with Gasteiger partial charge in [0.1, 0.15) is 10.8 Å². The molecule has 2 aromatic heterocycles. The van der Waals surface area contributed by atoms with Crippen LogP contribution in [-0.4, -0.2) is 23.9 Å². The van der Waals surface area contributed by atoms with Crippen LogP contribution in [-0.2, 0) is 0 Å². The number of carbonyl (C=O) groups excluding carboxylic acids is 1. The van der Waals surface area contributed by atoms with Crippen LogP contribution in [0.25, 0.3) is 0 Å². The first-order valence-corrected chi connectivity index (χ1v) is 10.3. The minimum Gasteiger partial charge on any atom is -0.459 e. The van der Waals surface area contributed by atoms with Gasteiger partial charge in [-0.3, -0.25) is 9.69 Å². The third kappa shape index (κ3) is 3.62. The van der Waals surface area contributed by atoms with Crippen LogP contribution in [0.4, 0.5) is 9.39 Å². The molecule has 3 heterocycles. The zero-order valence-corrected chi connectivity index (χ0v) is 16.8. The van der Waals surface area contributed by atoms with Gasteiger partial charge in [-0.1, -0.05) is 12.1 Å². The Morgan fingerprint density at radius 2 is 1.89 bits per heavy atom. The minimum atomic E-state index is -0.258. The summed E-state index contributed by atoms with van der Waals surface area (Å²) in [5, 5.41) is 3.88. The zero-order valence-electron chi connectivity index (χ0n) is 16.0. The average molecular weight is 399 g/mol. The molecule has 1 aliphatic heterocycles. The minimum absolute atomic E-state index is 0.0139. The molecule has 1 fully saturated rings. The van der Waals surface area contributed by atoms with Crippen molar-refractivity contribution in [3.8, 4) is 0 Å². The lowest BCUT2D eigenvalue weighted by molar-refractivity contribution is 0.0997. The van der Waals surface area contributed by atoms with Gasteiger partial charge in [-0.2, -0.15) is 0 Å². The summed E-state index contributed by atoms with van der Waals surface area (Å²) in [5.41, 5.74) is 3.30. The first kappa shape index (κ1) is 18.9. The van der Waals surface area contributed by atoms with Gasteiger partial charge in [-0.05, 0) is 75.2 Å². The molecule has 1 aromatic carbocycles. The van der Waals surface area contributed by atoms with Gasteiger partial charge in [0, 0.05) is 10.4 Å². The van der Waals surface area contributed by atoms with Gasteiger partial charge in [0.15, 0.2) is 5.76 Å². The molecule has 0 radical (unpaired) electrons. The van der Waals surface area contributed by atoms with Crippen molar-refractivity contribution < 1.29 is 13.6 Å². The summed E-state index contributed by atoms with van der Waals surface area (Å²) >= 11 is 1.58. The number of likely N-dealkylation sites (tertiary alicyclic amines) is 1. The molecule has 3 aromatic rings. The smallest absolute Gasteiger partial charge is 0.291 e. The van der Waals surface area contributed by atoms with Gasteiger partial charge >= 0.3 is 0 Å². The van der Waals surface area contributed by atoms with Crippen molar-refractivity contribution in [3.63, 3.8) is 0 Å². The second-order valence-corrected chi connectivity index (χ2v) is 8.38. The van der Waals surface area contributed by atoms with Crippen LogP contribution in [0.2, 0.25) is 0 Å². The highest BCUT2D eigenvalue weighted by atomic mass is 32.1. The fourth-order valence-corrected chi connectivity index (χ4v) is 4.93. The van der Waals surface area contributed by atoms with Crippen molar-refractivity contribution in [2.24, 2.45) is 0 Å². The van der Waals surface area contributed by atoms with E-state index in [9.17, 15) is 9.18 Å². The Morgan fingerprint density at radius 1 is 1.18 bits per heavy atom. The molecular weight excluding hydrogens is 375 g/mol. The number of hydrogen-bond acceptors (Lipinski definition) is 4. The molecule has 6 heteroatoms. The Labute approximate surface area is 168 Å². The van der Waals surface area contributed by atoms with Crippen molar-refractivity contribution >= 4 is 22.2 Å². The van der Waals surface area contributed by atoms with E-state index in [0.717, 1.165) is 46.9 Å². The molecule has 0 aliphatic carbocycles. The van der Waals surface area contributed by atoms with Crippen molar-refractivity contribution in [2.75, 3.05) is 18.4 Å². The molecule has 0 bridgehead atoms. The maximum Gasteiger partial charge on any atom is 0.291 e. The number of thiophene rings is 1. The summed E-state index contributed by atoms with van der Waals surface area (Å²) in [6.07, 6.45) is 3.79. The lowest BCUT2D eigenvalue weighted by Crippen LogP contribution is -2.28. The number of anilines is 1. The lowest BCUT2D eigenvalue weighted by Gasteiger charge is -2.29. The Morgan fingerprint density at radius 3 is 2.54 bits per heavy atom. The molecule has 146 valence electrons. The number of benzene rings is 1. The quantitative estimate of drug-likeness (QED) is 0.614.